The monoisotopic (exact) mass is 279 g/mol. The molecule has 110 valence electrons. The molecule has 1 fully saturated rings. The zero-order valence-electron chi connectivity index (χ0n) is 13.0. The van der Waals surface area contributed by atoms with Crippen molar-refractivity contribution >= 4 is 0 Å². The quantitative estimate of drug-likeness (QED) is 0.721. The highest BCUT2D eigenvalue weighted by Crippen LogP contribution is 2.36. The Morgan fingerprint density at radius 1 is 0.905 bits per heavy atom. The minimum Gasteiger partial charge on any atom is -0.265 e. The van der Waals surface area contributed by atoms with Crippen LogP contribution in [0.25, 0.3) is 0 Å². The van der Waals surface area contributed by atoms with E-state index in [1.807, 2.05) is 12.4 Å². The molecule has 21 heavy (non-hydrogen) atoms. The maximum absolute atomic E-state index is 4.18. The third-order valence-electron chi connectivity index (χ3n) is 4.88. The van der Waals surface area contributed by atoms with Crippen LogP contribution in [-0.4, -0.2) is 4.98 Å². The van der Waals surface area contributed by atoms with Gasteiger partial charge in [-0.2, -0.15) is 0 Å². The number of nitrogens with zero attached hydrogens (tertiary/aromatic N) is 1. The van der Waals surface area contributed by atoms with Crippen LogP contribution in [0.4, 0.5) is 0 Å². The molecular weight excluding hydrogens is 254 g/mol. The zero-order chi connectivity index (χ0) is 14.5. The fourth-order valence-electron chi connectivity index (χ4n) is 3.62. The molecule has 0 radical (unpaired) electrons. The van der Waals surface area contributed by atoms with Crippen molar-refractivity contribution in [3.8, 4) is 0 Å². The molecule has 1 atom stereocenters. The Morgan fingerprint density at radius 3 is 2.19 bits per heavy atom. The Morgan fingerprint density at radius 2 is 1.52 bits per heavy atom. The molecule has 0 bridgehead atoms. The third-order valence-corrected chi connectivity index (χ3v) is 4.88. The molecule has 1 heterocycles. The average Bonchev–Trinajstić information content (AvgIpc) is 2.55. The maximum Gasteiger partial charge on any atom is 0.0270 e. The summed E-state index contributed by atoms with van der Waals surface area (Å²) in [6, 6.07) is 13.5. The SMILES string of the molecule is Cc1ccc(C(CC2CCCCC2)c2ccncc2)cc1. The molecule has 0 saturated heterocycles. The fourth-order valence-corrected chi connectivity index (χ4v) is 3.62. The Bertz CT molecular complexity index is 538. The van der Waals surface area contributed by atoms with Crippen LogP contribution < -0.4 is 0 Å². The molecule has 2 aromatic rings. The lowest BCUT2D eigenvalue weighted by Crippen LogP contribution is -2.12. The van der Waals surface area contributed by atoms with Gasteiger partial charge in [0.15, 0.2) is 0 Å². The minimum absolute atomic E-state index is 0.525. The molecule has 1 unspecified atom stereocenters. The molecule has 1 aromatic heterocycles. The summed E-state index contributed by atoms with van der Waals surface area (Å²) in [5, 5.41) is 0. The second kappa shape index (κ2) is 6.89. The number of pyridine rings is 1. The van der Waals surface area contributed by atoms with E-state index in [2.05, 4.69) is 48.3 Å². The molecule has 1 aliphatic rings. The molecule has 3 rings (SSSR count). The van der Waals surface area contributed by atoms with Gasteiger partial charge in [-0.25, -0.2) is 0 Å². The van der Waals surface area contributed by atoms with Crippen molar-refractivity contribution < 1.29 is 0 Å². The topological polar surface area (TPSA) is 12.9 Å². The van der Waals surface area contributed by atoms with Crippen molar-refractivity contribution in [3.63, 3.8) is 0 Å². The Hall–Kier alpha value is -1.63. The normalized spacial score (nSPS) is 17.6. The van der Waals surface area contributed by atoms with Crippen molar-refractivity contribution in [1.29, 1.82) is 0 Å². The maximum atomic E-state index is 4.18. The fraction of sp³-hybridized carbons (Fsp3) is 0.450. The van der Waals surface area contributed by atoms with E-state index >= 15 is 0 Å². The summed E-state index contributed by atoms with van der Waals surface area (Å²) in [4.78, 5) is 4.18. The van der Waals surface area contributed by atoms with Gasteiger partial charge in [-0.15, -0.1) is 0 Å². The van der Waals surface area contributed by atoms with E-state index in [9.17, 15) is 0 Å². The van der Waals surface area contributed by atoms with Gasteiger partial charge >= 0.3 is 0 Å². The smallest absolute Gasteiger partial charge is 0.0270 e. The van der Waals surface area contributed by atoms with Gasteiger partial charge in [0.25, 0.3) is 0 Å². The van der Waals surface area contributed by atoms with Crippen LogP contribution in [0.15, 0.2) is 48.8 Å². The van der Waals surface area contributed by atoms with Gasteiger partial charge in [0.05, 0.1) is 0 Å². The second-order valence-electron chi connectivity index (χ2n) is 6.48. The van der Waals surface area contributed by atoms with Crippen LogP contribution in [0.3, 0.4) is 0 Å². The standard InChI is InChI=1S/C20H25N/c1-16-7-9-18(10-8-16)20(19-11-13-21-14-12-19)15-17-5-3-2-4-6-17/h7-14,17,20H,2-6,15H2,1H3. The molecular formula is C20H25N. The highest BCUT2D eigenvalue weighted by Gasteiger charge is 2.21. The summed E-state index contributed by atoms with van der Waals surface area (Å²) in [6.45, 7) is 2.16. The van der Waals surface area contributed by atoms with Gasteiger partial charge in [0, 0.05) is 18.3 Å². The number of rotatable bonds is 4. The van der Waals surface area contributed by atoms with Crippen LogP contribution in [0.2, 0.25) is 0 Å². The first-order chi connectivity index (χ1) is 10.3. The Balaban J connectivity index is 1.85. The number of aromatic nitrogens is 1. The number of hydrogen-bond donors (Lipinski definition) is 0. The van der Waals surface area contributed by atoms with Crippen LogP contribution in [-0.2, 0) is 0 Å². The molecule has 1 saturated carbocycles. The third kappa shape index (κ3) is 3.72. The predicted molar refractivity (Wildman–Crippen MR) is 88.5 cm³/mol. The van der Waals surface area contributed by atoms with E-state index in [-0.39, 0.29) is 0 Å². The summed E-state index contributed by atoms with van der Waals surface area (Å²) in [5.74, 6) is 1.41. The van der Waals surface area contributed by atoms with Gasteiger partial charge in [-0.05, 0) is 42.5 Å². The molecule has 1 aromatic carbocycles. The van der Waals surface area contributed by atoms with E-state index in [4.69, 9.17) is 0 Å². The summed E-state index contributed by atoms with van der Waals surface area (Å²) >= 11 is 0. The second-order valence-corrected chi connectivity index (χ2v) is 6.48. The van der Waals surface area contributed by atoms with Gasteiger partial charge in [-0.1, -0.05) is 61.9 Å². The number of aryl methyl sites for hydroxylation is 1. The number of hydrogen-bond acceptors (Lipinski definition) is 1. The van der Waals surface area contributed by atoms with Crippen molar-refractivity contribution in [2.45, 2.75) is 51.4 Å². The van der Waals surface area contributed by atoms with Crippen LogP contribution in [0.1, 0.15) is 61.1 Å². The average molecular weight is 279 g/mol. The van der Waals surface area contributed by atoms with Crippen molar-refractivity contribution in [1.82, 2.24) is 4.98 Å². The lowest BCUT2D eigenvalue weighted by molar-refractivity contribution is 0.327. The van der Waals surface area contributed by atoms with Gasteiger partial charge in [0.1, 0.15) is 0 Å². The molecule has 1 heteroatoms. The summed E-state index contributed by atoms with van der Waals surface area (Å²) in [7, 11) is 0. The number of benzene rings is 1. The minimum atomic E-state index is 0.525. The molecule has 0 N–H and O–H groups in total. The zero-order valence-corrected chi connectivity index (χ0v) is 13.0. The van der Waals surface area contributed by atoms with E-state index in [1.165, 1.54) is 55.2 Å². The molecule has 1 nitrogen and oxygen atoms in total. The van der Waals surface area contributed by atoms with E-state index in [0.29, 0.717) is 5.92 Å². The summed E-state index contributed by atoms with van der Waals surface area (Å²) < 4.78 is 0. The van der Waals surface area contributed by atoms with E-state index in [1.54, 1.807) is 0 Å². The van der Waals surface area contributed by atoms with E-state index in [0.717, 1.165) is 5.92 Å². The van der Waals surface area contributed by atoms with Gasteiger partial charge in [0.2, 0.25) is 0 Å². The Kier molecular flexibility index (Phi) is 4.69. The highest BCUT2D eigenvalue weighted by molar-refractivity contribution is 5.33. The van der Waals surface area contributed by atoms with Gasteiger partial charge < -0.3 is 0 Å². The molecule has 0 amide bonds. The summed E-state index contributed by atoms with van der Waals surface area (Å²) in [6.07, 6.45) is 12.2. The Labute approximate surface area is 128 Å². The first kappa shape index (κ1) is 14.3. The lowest BCUT2D eigenvalue weighted by atomic mass is 9.78. The van der Waals surface area contributed by atoms with Gasteiger partial charge in [-0.3, -0.25) is 4.98 Å². The molecule has 0 aliphatic heterocycles. The molecule has 0 spiro atoms. The van der Waals surface area contributed by atoms with E-state index < -0.39 is 0 Å². The largest absolute Gasteiger partial charge is 0.265 e. The first-order valence-corrected chi connectivity index (χ1v) is 8.29. The van der Waals surface area contributed by atoms with Crippen LogP contribution >= 0.6 is 0 Å². The van der Waals surface area contributed by atoms with Crippen molar-refractivity contribution in [2.75, 3.05) is 0 Å². The van der Waals surface area contributed by atoms with Crippen molar-refractivity contribution in [3.05, 3.63) is 65.5 Å². The lowest BCUT2D eigenvalue weighted by Gasteiger charge is -2.27. The molecule has 1 aliphatic carbocycles. The van der Waals surface area contributed by atoms with Crippen molar-refractivity contribution in [2.24, 2.45) is 5.92 Å². The highest BCUT2D eigenvalue weighted by atomic mass is 14.6. The predicted octanol–water partition coefficient (Wildman–Crippen LogP) is 5.49. The van der Waals surface area contributed by atoms with Crippen LogP contribution in [0, 0.1) is 12.8 Å². The first-order valence-electron chi connectivity index (χ1n) is 8.29. The van der Waals surface area contributed by atoms with Crippen LogP contribution in [0.5, 0.6) is 0 Å². The summed E-state index contributed by atoms with van der Waals surface area (Å²) in [5.41, 5.74) is 4.21.